The molecule has 1 spiro atoms. The van der Waals surface area contributed by atoms with E-state index >= 15 is 0 Å². The first kappa shape index (κ1) is 6.48. The summed E-state index contributed by atoms with van der Waals surface area (Å²) in [7, 11) is 0. The van der Waals surface area contributed by atoms with E-state index in [0.717, 1.165) is 5.41 Å². The van der Waals surface area contributed by atoms with Crippen LogP contribution in [0.25, 0.3) is 0 Å². The number of rotatable bonds is 0. The van der Waals surface area contributed by atoms with Crippen LogP contribution in [-0.2, 0) is 0 Å². The third-order valence-corrected chi connectivity index (χ3v) is 6.65. The fourth-order valence-corrected chi connectivity index (χ4v) is 6.20. The molecule has 0 radical (unpaired) electrons. The Morgan fingerprint density at radius 3 is 2.85 bits per heavy atom. The molecule has 7 atom stereocenters. The van der Waals surface area contributed by atoms with Gasteiger partial charge in [-0.1, -0.05) is 12.8 Å². The second-order valence-corrected chi connectivity index (χ2v) is 6.62. The van der Waals surface area contributed by atoms with Crippen LogP contribution >= 0.6 is 0 Å². The van der Waals surface area contributed by atoms with E-state index in [0.29, 0.717) is 0 Å². The van der Waals surface area contributed by atoms with Gasteiger partial charge in [-0.25, -0.2) is 0 Å². The highest BCUT2D eigenvalue weighted by Crippen LogP contribution is 2.87. The van der Waals surface area contributed by atoms with Crippen LogP contribution in [0.2, 0.25) is 0 Å². The van der Waals surface area contributed by atoms with E-state index < -0.39 is 0 Å². The monoisotopic (exact) mass is 174 g/mol. The Bertz CT molecular complexity index is 294. The molecule has 0 aromatic rings. The molecule has 0 N–H and O–H groups in total. The summed E-state index contributed by atoms with van der Waals surface area (Å²) in [5.41, 5.74) is 0.991. The maximum Gasteiger partial charge on any atom is -0.0229 e. The minimum absolute atomic E-state index is 0.991. The maximum atomic E-state index is 1.68. The second kappa shape index (κ2) is 1.61. The fourth-order valence-electron chi connectivity index (χ4n) is 6.20. The molecular formula is C13H18. The lowest BCUT2D eigenvalue weighted by Gasteiger charge is -2.33. The largest absolute Gasteiger partial charge is 0.0527 e. The predicted molar refractivity (Wildman–Crippen MR) is 51.1 cm³/mol. The molecule has 5 fully saturated rings. The van der Waals surface area contributed by atoms with Crippen molar-refractivity contribution in [3.63, 3.8) is 0 Å². The summed E-state index contributed by atoms with van der Waals surface area (Å²) < 4.78 is 0. The minimum Gasteiger partial charge on any atom is -0.0527 e. The van der Waals surface area contributed by atoms with Gasteiger partial charge in [0.05, 0.1) is 0 Å². The molecule has 13 heavy (non-hydrogen) atoms. The van der Waals surface area contributed by atoms with Gasteiger partial charge in [0.2, 0.25) is 0 Å². The van der Waals surface area contributed by atoms with Gasteiger partial charge in [-0.2, -0.15) is 0 Å². The molecule has 0 saturated heterocycles. The lowest BCUT2D eigenvalue weighted by molar-refractivity contribution is 0.165. The normalized spacial score (nSPS) is 75.7. The van der Waals surface area contributed by atoms with Crippen LogP contribution < -0.4 is 0 Å². The highest BCUT2D eigenvalue weighted by molar-refractivity contribution is 5.29. The SMILES string of the molecule is C1CC2CC34CCC3C4C3C(C1)C23. The Morgan fingerprint density at radius 1 is 1.00 bits per heavy atom. The quantitative estimate of drug-likeness (QED) is 0.529. The average molecular weight is 174 g/mol. The van der Waals surface area contributed by atoms with E-state index in [1.807, 2.05) is 0 Å². The first-order valence-corrected chi connectivity index (χ1v) is 6.42. The van der Waals surface area contributed by atoms with Crippen LogP contribution in [0.5, 0.6) is 0 Å². The van der Waals surface area contributed by atoms with Gasteiger partial charge in [0.15, 0.2) is 0 Å². The first-order valence-electron chi connectivity index (χ1n) is 6.42. The van der Waals surface area contributed by atoms with Gasteiger partial charge in [-0.05, 0) is 66.6 Å². The number of hydrogen-bond donors (Lipinski definition) is 0. The zero-order valence-corrected chi connectivity index (χ0v) is 8.21. The Hall–Kier alpha value is 0. The average Bonchev–Trinajstić information content (AvgIpc) is 2.94. The van der Waals surface area contributed by atoms with E-state index in [4.69, 9.17) is 0 Å². The third-order valence-electron chi connectivity index (χ3n) is 6.65. The van der Waals surface area contributed by atoms with Crippen molar-refractivity contribution in [2.24, 2.45) is 40.9 Å². The Labute approximate surface area is 80.1 Å². The van der Waals surface area contributed by atoms with Crippen molar-refractivity contribution in [2.45, 2.75) is 38.5 Å². The molecule has 5 saturated carbocycles. The molecular weight excluding hydrogens is 156 g/mol. The van der Waals surface area contributed by atoms with Crippen molar-refractivity contribution < 1.29 is 0 Å². The van der Waals surface area contributed by atoms with Gasteiger partial charge < -0.3 is 0 Å². The zero-order valence-electron chi connectivity index (χ0n) is 8.21. The van der Waals surface area contributed by atoms with Gasteiger partial charge in [0, 0.05) is 0 Å². The Kier molecular flexibility index (Phi) is 0.804. The molecule has 7 unspecified atom stereocenters. The molecule has 5 aliphatic carbocycles. The van der Waals surface area contributed by atoms with Gasteiger partial charge in [0.1, 0.15) is 0 Å². The molecule has 0 bridgehead atoms. The van der Waals surface area contributed by atoms with Crippen LogP contribution in [0.3, 0.4) is 0 Å². The molecule has 0 nitrogen and oxygen atoms in total. The van der Waals surface area contributed by atoms with Crippen molar-refractivity contribution in [3.05, 3.63) is 0 Å². The highest BCUT2D eigenvalue weighted by atomic mass is 14.9. The van der Waals surface area contributed by atoms with Gasteiger partial charge in [-0.15, -0.1) is 0 Å². The summed E-state index contributed by atoms with van der Waals surface area (Å²) in [5.74, 6) is 7.52. The molecule has 0 aliphatic heterocycles. The summed E-state index contributed by atoms with van der Waals surface area (Å²) >= 11 is 0. The van der Waals surface area contributed by atoms with Crippen molar-refractivity contribution in [3.8, 4) is 0 Å². The lowest BCUT2D eigenvalue weighted by Crippen LogP contribution is -2.24. The third kappa shape index (κ3) is 0.500. The van der Waals surface area contributed by atoms with Crippen molar-refractivity contribution in [1.82, 2.24) is 0 Å². The predicted octanol–water partition coefficient (Wildman–Crippen LogP) is 3.08. The standard InChI is InChI=1S/C13H18/c1-2-7-6-13-5-4-9(13)12(13)11-8(3-1)10(7)11/h7-12H,1-6H2. The van der Waals surface area contributed by atoms with E-state index in [1.165, 1.54) is 35.5 Å². The topological polar surface area (TPSA) is 0 Å². The van der Waals surface area contributed by atoms with Crippen LogP contribution in [0, 0.1) is 40.9 Å². The van der Waals surface area contributed by atoms with E-state index in [2.05, 4.69) is 0 Å². The number of fused-ring (bicyclic) bond motifs is 3. The highest BCUT2D eigenvalue weighted by Gasteiger charge is 2.81. The minimum atomic E-state index is 0.991. The van der Waals surface area contributed by atoms with E-state index in [9.17, 15) is 0 Å². The Balaban J connectivity index is 1.61. The van der Waals surface area contributed by atoms with Crippen molar-refractivity contribution >= 4 is 0 Å². The summed E-state index contributed by atoms with van der Waals surface area (Å²) in [6.45, 7) is 0. The fraction of sp³-hybridized carbons (Fsp3) is 1.00. The van der Waals surface area contributed by atoms with Crippen LogP contribution in [0.4, 0.5) is 0 Å². The molecule has 0 heterocycles. The second-order valence-electron chi connectivity index (χ2n) is 6.62. The maximum absolute atomic E-state index is 1.68. The molecule has 0 heteroatoms. The van der Waals surface area contributed by atoms with Gasteiger partial charge in [-0.3, -0.25) is 0 Å². The van der Waals surface area contributed by atoms with Gasteiger partial charge in [0.25, 0.3) is 0 Å². The van der Waals surface area contributed by atoms with Crippen molar-refractivity contribution in [1.29, 1.82) is 0 Å². The molecule has 0 aromatic carbocycles. The summed E-state index contributed by atoms with van der Waals surface area (Å²) in [6.07, 6.45) is 9.74. The van der Waals surface area contributed by atoms with Gasteiger partial charge >= 0.3 is 0 Å². The first-order chi connectivity index (χ1) is 6.42. The van der Waals surface area contributed by atoms with Crippen LogP contribution in [-0.4, -0.2) is 0 Å². The van der Waals surface area contributed by atoms with Crippen LogP contribution in [0.1, 0.15) is 38.5 Å². The molecule has 5 rings (SSSR count). The number of hydrogen-bond acceptors (Lipinski definition) is 0. The van der Waals surface area contributed by atoms with Crippen LogP contribution in [0.15, 0.2) is 0 Å². The molecule has 70 valence electrons. The smallest absolute Gasteiger partial charge is 0.0229 e. The zero-order chi connectivity index (χ0) is 8.21. The van der Waals surface area contributed by atoms with E-state index in [-0.39, 0.29) is 0 Å². The molecule has 0 amide bonds. The Morgan fingerprint density at radius 2 is 2.00 bits per heavy atom. The van der Waals surface area contributed by atoms with E-state index in [1.54, 1.807) is 38.5 Å². The summed E-state index contributed by atoms with van der Waals surface area (Å²) in [5, 5.41) is 0. The summed E-state index contributed by atoms with van der Waals surface area (Å²) in [6, 6.07) is 0. The van der Waals surface area contributed by atoms with Crippen molar-refractivity contribution in [2.75, 3.05) is 0 Å². The molecule has 0 aromatic heterocycles. The lowest BCUT2D eigenvalue weighted by atomic mass is 9.72. The molecule has 5 aliphatic rings. The summed E-state index contributed by atoms with van der Waals surface area (Å²) in [4.78, 5) is 0.